The van der Waals surface area contributed by atoms with E-state index in [0.29, 0.717) is 11.6 Å². The van der Waals surface area contributed by atoms with Gasteiger partial charge in [-0.05, 0) is 25.2 Å². The number of nitrogens with zero attached hydrogens (tertiary/aromatic N) is 1. The highest BCUT2D eigenvalue weighted by Crippen LogP contribution is 2.43. The van der Waals surface area contributed by atoms with E-state index in [0.717, 1.165) is 19.3 Å². The molecule has 1 aromatic rings. The Labute approximate surface area is 115 Å². The molecule has 0 radical (unpaired) electrons. The predicted octanol–water partition coefficient (Wildman–Crippen LogP) is 1.35. The summed E-state index contributed by atoms with van der Waals surface area (Å²) < 4.78 is 23.3. The number of H-pyrrole nitrogens is 1. The van der Waals surface area contributed by atoms with Crippen LogP contribution in [0.1, 0.15) is 48.3 Å². The summed E-state index contributed by atoms with van der Waals surface area (Å²) in [4.78, 5) is 11.9. The molecule has 2 saturated carbocycles. The Hall–Kier alpha value is -1.08. The third-order valence-electron chi connectivity index (χ3n) is 3.62. The molecule has 8 heteroatoms. The second-order valence-corrected chi connectivity index (χ2v) is 7.82. The Morgan fingerprint density at radius 1 is 1.47 bits per heavy atom. The molecule has 2 fully saturated rings. The molecular formula is C11H14ClN3O3S. The van der Waals surface area contributed by atoms with Gasteiger partial charge in [0.05, 0.1) is 5.69 Å². The molecule has 1 aromatic heterocycles. The summed E-state index contributed by atoms with van der Waals surface area (Å²) in [6, 6.07) is 0.111. The van der Waals surface area contributed by atoms with Crippen molar-refractivity contribution >= 4 is 25.6 Å². The zero-order chi connectivity index (χ0) is 13.8. The van der Waals surface area contributed by atoms with Crippen LogP contribution < -0.4 is 5.32 Å². The van der Waals surface area contributed by atoms with E-state index in [4.69, 9.17) is 10.7 Å². The molecule has 0 spiro atoms. The molecule has 104 valence electrons. The summed E-state index contributed by atoms with van der Waals surface area (Å²) in [5, 5.41) is 9.26. The summed E-state index contributed by atoms with van der Waals surface area (Å²) in [6.45, 7) is 2.02. The summed E-state index contributed by atoms with van der Waals surface area (Å²) in [5.41, 5.74) is 0.347. The zero-order valence-corrected chi connectivity index (χ0v) is 11.9. The number of halogens is 1. The first-order valence-corrected chi connectivity index (χ1v) is 8.52. The van der Waals surface area contributed by atoms with Crippen molar-refractivity contribution in [3.63, 3.8) is 0 Å². The molecule has 2 aliphatic rings. The van der Waals surface area contributed by atoms with E-state index < -0.39 is 15.0 Å². The van der Waals surface area contributed by atoms with Crippen LogP contribution in [0.5, 0.6) is 0 Å². The molecule has 2 atom stereocenters. The number of aromatic amines is 1. The first-order chi connectivity index (χ1) is 8.88. The smallest absolute Gasteiger partial charge is 0.273 e. The van der Waals surface area contributed by atoms with Crippen molar-refractivity contribution in [2.24, 2.45) is 5.92 Å². The first kappa shape index (κ1) is 12.9. The first-order valence-electron chi connectivity index (χ1n) is 6.21. The van der Waals surface area contributed by atoms with E-state index in [1.165, 1.54) is 0 Å². The van der Waals surface area contributed by atoms with Crippen molar-refractivity contribution in [3.05, 3.63) is 11.4 Å². The molecule has 2 N–H and O–H groups in total. The molecule has 3 rings (SSSR count). The van der Waals surface area contributed by atoms with Gasteiger partial charge in [-0.3, -0.25) is 9.89 Å². The summed E-state index contributed by atoms with van der Waals surface area (Å²) in [7, 11) is 1.46. The lowest BCUT2D eigenvalue weighted by atomic mass is 10.2. The van der Waals surface area contributed by atoms with Crippen LogP contribution in [0.2, 0.25) is 0 Å². The highest BCUT2D eigenvalue weighted by Gasteiger charge is 2.39. The Morgan fingerprint density at radius 3 is 2.58 bits per heavy atom. The van der Waals surface area contributed by atoms with Gasteiger partial charge >= 0.3 is 0 Å². The van der Waals surface area contributed by atoms with Gasteiger partial charge in [0, 0.05) is 22.6 Å². The van der Waals surface area contributed by atoms with E-state index in [-0.39, 0.29) is 22.5 Å². The van der Waals surface area contributed by atoms with Gasteiger partial charge in [0.1, 0.15) is 4.90 Å². The molecule has 6 nitrogen and oxygen atoms in total. The molecule has 1 heterocycles. The standard InChI is InChI=1S/C11H14ClN3O3S/c1-5-4-7(5)13-11(16)9-10(19(12,17)18)8(14-15-9)6-2-3-6/h5-7H,2-4H2,1H3,(H,13,16)(H,14,15). The third kappa shape index (κ3) is 2.49. The number of amides is 1. The normalized spacial score (nSPS) is 26.2. The van der Waals surface area contributed by atoms with E-state index in [9.17, 15) is 13.2 Å². The maximum Gasteiger partial charge on any atom is 0.273 e. The molecule has 19 heavy (non-hydrogen) atoms. The lowest BCUT2D eigenvalue weighted by Gasteiger charge is -2.03. The van der Waals surface area contributed by atoms with E-state index in [1.54, 1.807) is 0 Å². The zero-order valence-electron chi connectivity index (χ0n) is 10.3. The fraction of sp³-hybridized carbons (Fsp3) is 0.636. The summed E-state index contributed by atoms with van der Waals surface area (Å²) in [5.74, 6) is 0.0796. The maximum absolute atomic E-state index is 12.0. The molecule has 1 amide bonds. The number of aromatic nitrogens is 2. The van der Waals surface area contributed by atoms with Crippen molar-refractivity contribution < 1.29 is 13.2 Å². The summed E-state index contributed by atoms with van der Waals surface area (Å²) >= 11 is 0. The SMILES string of the molecule is CC1CC1NC(=O)c1n[nH]c(C2CC2)c1S(=O)(=O)Cl. The van der Waals surface area contributed by atoms with Gasteiger partial charge in [-0.2, -0.15) is 5.10 Å². The van der Waals surface area contributed by atoms with Gasteiger partial charge in [-0.1, -0.05) is 6.92 Å². The number of carbonyl (C=O) groups excluding carboxylic acids is 1. The van der Waals surface area contributed by atoms with Gasteiger partial charge in [-0.15, -0.1) is 0 Å². The fourth-order valence-electron chi connectivity index (χ4n) is 2.15. The van der Waals surface area contributed by atoms with Crippen molar-refractivity contribution in [1.29, 1.82) is 0 Å². The van der Waals surface area contributed by atoms with Crippen molar-refractivity contribution in [1.82, 2.24) is 15.5 Å². The summed E-state index contributed by atoms with van der Waals surface area (Å²) in [6.07, 6.45) is 2.69. The van der Waals surface area contributed by atoms with Crippen LogP contribution in [-0.2, 0) is 9.05 Å². The average molecular weight is 304 g/mol. The Kier molecular flexibility index (Phi) is 2.86. The minimum absolute atomic E-state index is 0.111. The van der Waals surface area contributed by atoms with Gasteiger partial charge in [0.25, 0.3) is 15.0 Å². The number of hydrogen-bond donors (Lipinski definition) is 2. The third-order valence-corrected chi connectivity index (χ3v) is 4.98. The van der Waals surface area contributed by atoms with E-state index in [1.807, 2.05) is 6.92 Å². The van der Waals surface area contributed by atoms with Crippen LogP contribution in [0.25, 0.3) is 0 Å². The second kappa shape index (κ2) is 4.21. The van der Waals surface area contributed by atoms with Crippen molar-refractivity contribution in [2.75, 3.05) is 0 Å². The molecular weight excluding hydrogens is 290 g/mol. The Bertz CT molecular complexity index is 636. The topological polar surface area (TPSA) is 91.9 Å². The van der Waals surface area contributed by atoms with Crippen molar-refractivity contribution in [2.45, 2.75) is 43.0 Å². The largest absolute Gasteiger partial charge is 0.348 e. The molecule has 2 unspecified atom stereocenters. The lowest BCUT2D eigenvalue weighted by molar-refractivity contribution is 0.0941. The van der Waals surface area contributed by atoms with Crippen LogP contribution >= 0.6 is 10.7 Å². The fourth-order valence-corrected chi connectivity index (χ4v) is 3.47. The van der Waals surface area contributed by atoms with Crippen molar-refractivity contribution in [3.8, 4) is 0 Å². The van der Waals surface area contributed by atoms with Gasteiger partial charge < -0.3 is 5.32 Å². The number of carbonyl (C=O) groups is 1. The minimum atomic E-state index is -3.98. The number of nitrogens with one attached hydrogen (secondary N) is 2. The molecule has 0 bridgehead atoms. The van der Waals surface area contributed by atoms with Crippen LogP contribution in [0.15, 0.2) is 4.90 Å². The average Bonchev–Trinajstić information content (AvgIpc) is 3.20. The highest BCUT2D eigenvalue weighted by molar-refractivity contribution is 8.13. The Balaban J connectivity index is 1.94. The number of hydrogen-bond acceptors (Lipinski definition) is 4. The van der Waals surface area contributed by atoms with Crippen LogP contribution in [0.3, 0.4) is 0 Å². The molecule has 0 aliphatic heterocycles. The van der Waals surface area contributed by atoms with Crippen LogP contribution in [0, 0.1) is 5.92 Å². The quantitative estimate of drug-likeness (QED) is 0.821. The van der Waals surface area contributed by atoms with E-state index in [2.05, 4.69) is 15.5 Å². The maximum atomic E-state index is 12.0. The predicted molar refractivity (Wildman–Crippen MR) is 68.6 cm³/mol. The van der Waals surface area contributed by atoms with Gasteiger partial charge in [0.2, 0.25) is 0 Å². The Morgan fingerprint density at radius 2 is 2.11 bits per heavy atom. The van der Waals surface area contributed by atoms with Crippen LogP contribution in [-0.4, -0.2) is 30.6 Å². The minimum Gasteiger partial charge on any atom is -0.348 e. The van der Waals surface area contributed by atoms with E-state index >= 15 is 0 Å². The lowest BCUT2D eigenvalue weighted by Crippen LogP contribution is -2.28. The van der Waals surface area contributed by atoms with Crippen LogP contribution in [0.4, 0.5) is 0 Å². The van der Waals surface area contributed by atoms with Gasteiger partial charge in [0.15, 0.2) is 5.69 Å². The molecule has 0 aromatic carbocycles. The second-order valence-electron chi connectivity index (χ2n) is 5.32. The molecule has 2 aliphatic carbocycles. The van der Waals surface area contributed by atoms with Gasteiger partial charge in [-0.25, -0.2) is 8.42 Å². The highest BCUT2D eigenvalue weighted by atomic mass is 35.7. The molecule has 0 saturated heterocycles. The monoisotopic (exact) mass is 303 g/mol. The number of rotatable bonds is 4.